The summed E-state index contributed by atoms with van der Waals surface area (Å²) in [5.41, 5.74) is 0.969. The van der Waals surface area contributed by atoms with Crippen LogP contribution in [0.5, 0.6) is 0 Å². The van der Waals surface area contributed by atoms with Crippen LogP contribution in [0.2, 0.25) is 0 Å². The van der Waals surface area contributed by atoms with Gasteiger partial charge in [0.1, 0.15) is 0 Å². The monoisotopic (exact) mass is 246 g/mol. The molecule has 2 aliphatic heterocycles. The van der Waals surface area contributed by atoms with Crippen molar-refractivity contribution in [3.8, 4) is 0 Å². The number of carbonyl (C=O) groups excluding carboxylic acids is 1. The molecule has 18 heavy (non-hydrogen) atoms. The SMILES string of the molecule is O=C(CNc1ccccc1)NC1CC2CCC1O2. The van der Waals surface area contributed by atoms with Crippen LogP contribution in [0.4, 0.5) is 5.69 Å². The molecule has 2 N–H and O–H groups in total. The van der Waals surface area contributed by atoms with Crippen molar-refractivity contribution in [2.75, 3.05) is 11.9 Å². The number of rotatable bonds is 4. The minimum Gasteiger partial charge on any atom is -0.376 e. The Bertz CT molecular complexity index is 421. The number of fused-ring (bicyclic) bond motifs is 2. The fraction of sp³-hybridized carbons (Fsp3) is 0.500. The van der Waals surface area contributed by atoms with E-state index in [2.05, 4.69) is 10.6 Å². The molecule has 1 aromatic carbocycles. The van der Waals surface area contributed by atoms with Crippen molar-refractivity contribution in [3.05, 3.63) is 30.3 Å². The van der Waals surface area contributed by atoms with E-state index in [-0.39, 0.29) is 18.1 Å². The molecule has 3 rings (SSSR count). The Morgan fingerprint density at radius 3 is 2.78 bits per heavy atom. The molecule has 2 aliphatic rings. The van der Waals surface area contributed by atoms with Crippen LogP contribution in [-0.2, 0) is 9.53 Å². The Kier molecular flexibility index (Phi) is 3.19. The number of para-hydroxylation sites is 1. The lowest BCUT2D eigenvalue weighted by atomic mass is 9.95. The van der Waals surface area contributed by atoms with Gasteiger partial charge >= 0.3 is 0 Å². The van der Waals surface area contributed by atoms with Crippen molar-refractivity contribution < 1.29 is 9.53 Å². The van der Waals surface area contributed by atoms with Crippen molar-refractivity contribution in [1.82, 2.24) is 5.32 Å². The average molecular weight is 246 g/mol. The van der Waals surface area contributed by atoms with Gasteiger partial charge in [-0.2, -0.15) is 0 Å². The number of benzene rings is 1. The number of nitrogens with one attached hydrogen (secondary N) is 2. The zero-order chi connectivity index (χ0) is 12.4. The van der Waals surface area contributed by atoms with Gasteiger partial charge in [-0.3, -0.25) is 4.79 Å². The molecular formula is C14H18N2O2. The van der Waals surface area contributed by atoms with Crippen molar-refractivity contribution in [1.29, 1.82) is 0 Å². The predicted molar refractivity (Wildman–Crippen MR) is 69.4 cm³/mol. The van der Waals surface area contributed by atoms with Crippen molar-refractivity contribution in [3.63, 3.8) is 0 Å². The maximum atomic E-state index is 11.8. The van der Waals surface area contributed by atoms with Gasteiger partial charge in [0.25, 0.3) is 0 Å². The molecule has 1 amide bonds. The molecule has 2 fully saturated rings. The Balaban J connectivity index is 1.45. The van der Waals surface area contributed by atoms with Gasteiger partial charge in [0.15, 0.2) is 0 Å². The van der Waals surface area contributed by atoms with E-state index in [0.717, 1.165) is 24.9 Å². The van der Waals surface area contributed by atoms with Crippen LogP contribution in [0.15, 0.2) is 30.3 Å². The maximum Gasteiger partial charge on any atom is 0.239 e. The summed E-state index contributed by atoms with van der Waals surface area (Å²) < 4.78 is 5.71. The molecule has 3 atom stereocenters. The lowest BCUT2D eigenvalue weighted by Gasteiger charge is -2.20. The van der Waals surface area contributed by atoms with Gasteiger partial charge in [0.2, 0.25) is 5.91 Å². The van der Waals surface area contributed by atoms with Crippen LogP contribution in [-0.4, -0.2) is 30.7 Å². The zero-order valence-corrected chi connectivity index (χ0v) is 10.3. The molecular weight excluding hydrogens is 228 g/mol. The van der Waals surface area contributed by atoms with Crippen LogP contribution in [0, 0.1) is 0 Å². The molecule has 0 radical (unpaired) electrons. The first-order chi connectivity index (χ1) is 8.81. The second-order valence-corrected chi connectivity index (χ2v) is 5.00. The first kappa shape index (κ1) is 11.5. The molecule has 2 bridgehead atoms. The molecule has 2 heterocycles. The highest BCUT2D eigenvalue weighted by molar-refractivity contribution is 5.81. The highest BCUT2D eigenvalue weighted by Crippen LogP contribution is 2.34. The van der Waals surface area contributed by atoms with Crippen LogP contribution >= 0.6 is 0 Å². The molecule has 2 saturated heterocycles. The molecule has 3 unspecified atom stereocenters. The molecule has 0 saturated carbocycles. The van der Waals surface area contributed by atoms with Crippen molar-refractivity contribution in [2.24, 2.45) is 0 Å². The summed E-state index contributed by atoms with van der Waals surface area (Å²) >= 11 is 0. The standard InChI is InChI=1S/C14H18N2O2/c17-14(9-15-10-4-2-1-3-5-10)16-12-8-11-6-7-13(12)18-11/h1-5,11-13,15H,6-9H2,(H,16,17). The molecule has 0 aliphatic carbocycles. The van der Waals surface area contributed by atoms with E-state index in [9.17, 15) is 4.79 Å². The van der Waals surface area contributed by atoms with Crippen LogP contribution in [0.25, 0.3) is 0 Å². The summed E-state index contributed by atoms with van der Waals surface area (Å²) in [6, 6.07) is 9.97. The quantitative estimate of drug-likeness (QED) is 0.847. The lowest BCUT2D eigenvalue weighted by molar-refractivity contribution is -0.120. The third-order valence-corrected chi connectivity index (χ3v) is 3.68. The van der Waals surface area contributed by atoms with Crippen molar-refractivity contribution in [2.45, 2.75) is 37.5 Å². The van der Waals surface area contributed by atoms with Gasteiger partial charge in [-0.15, -0.1) is 0 Å². The van der Waals surface area contributed by atoms with Gasteiger partial charge in [-0.25, -0.2) is 0 Å². The topological polar surface area (TPSA) is 50.4 Å². The number of amides is 1. The second kappa shape index (κ2) is 4.98. The first-order valence-corrected chi connectivity index (χ1v) is 6.55. The van der Waals surface area contributed by atoms with E-state index in [1.165, 1.54) is 0 Å². The number of ether oxygens (including phenoxy) is 1. The second-order valence-electron chi connectivity index (χ2n) is 5.00. The van der Waals surface area contributed by atoms with E-state index in [4.69, 9.17) is 4.74 Å². The Morgan fingerprint density at radius 2 is 2.11 bits per heavy atom. The summed E-state index contributed by atoms with van der Waals surface area (Å²) in [5.74, 6) is 0.0417. The van der Waals surface area contributed by atoms with Gasteiger partial charge in [-0.1, -0.05) is 18.2 Å². The summed E-state index contributed by atoms with van der Waals surface area (Å²) in [6.07, 6.45) is 3.83. The van der Waals surface area contributed by atoms with Crippen molar-refractivity contribution >= 4 is 11.6 Å². The number of anilines is 1. The molecule has 96 valence electrons. The number of hydrogen-bond acceptors (Lipinski definition) is 3. The van der Waals surface area contributed by atoms with E-state index in [1.807, 2.05) is 30.3 Å². The molecule has 4 nitrogen and oxygen atoms in total. The summed E-state index contributed by atoms with van der Waals surface area (Å²) in [6.45, 7) is 0.317. The van der Waals surface area contributed by atoms with Gasteiger partial charge < -0.3 is 15.4 Å². The van der Waals surface area contributed by atoms with E-state index in [0.29, 0.717) is 12.6 Å². The predicted octanol–water partition coefficient (Wildman–Crippen LogP) is 1.53. The van der Waals surface area contributed by atoms with Gasteiger partial charge in [0.05, 0.1) is 24.8 Å². The highest BCUT2D eigenvalue weighted by atomic mass is 16.5. The largest absolute Gasteiger partial charge is 0.376 e. The van der Waals surface area contributed by atoms with Crippen LogP contribution in [0.1, 0.15) is 19.3 Å². The minimum absolute atomic E-state index is 0.0417. The minimum atomic E-state index is 0.0417. The number of carbonyl (C=O) groups is 1. The first-order valence-electron chi connectivity index (χ1n) is 6.55. The maximum absolute atomic E-state index is 11.8. The third kappa shape index (κ3) is 2.48. The highest BCUT2D eigenvalue weighted by Gasteiger charge is 2.41. The van der Waals surface area contributed by atoms with Gasteiger partial charge in [0, 0.05) is 5.69 Å². The summed E-state index contributed by atoms with van der Waals surface area (Å²) in [5, 5.41) is 6.16. The summed E-state index contributed by atoms with van der Waals surface area (Å²) in [4.78, 5) is 11.8. The lowest BCUT2D eigenvalue weighted by Crippen LogP contribution is -2.43. The smallest absolute Gasteiger partial charge is 0.239 e. The molecule has 0 aromatic heterocycles. The van der Waals surface area contributed by atoms with Crippen LogP contribution < -0.4 is 10.6 Å². The molecule has 0 spiro atoms. The fourth-order valence-corrected chi connectivity index (χ4v) is 2.79. The average Bonchev–Trinajstić information content (AvgIpc) is 3.00. The Morgan fingerprint density at radius 1 is 1.28 bits per heavy atom. The third-order valence-electron chi connectivity index (χ3n) is 3.68. The molecule has 1 aromatic rings. The number of hydrogen-bond donors (Lipinski definition) is 2. The van der Waals surface area contributed by atoms with Crippen LogP contribution in [0.3, 0.4) is 0 Å². The fourth-order valence-electron chi connectivity index (χ4n) is 2.79. The van der Waals surface area contributed by atoms with Gasteiger partial charge in [-0.05, 0) is 31.4 Å². The Hall–Kier alpha value is -1.55. The molecule has 4 heteroatoms. The van der Waals surface area contributed by atoms with E-state index in [1.54, 1.807) is 0 Å². The van der Waals surface area contributed by atoms with E-state index < -0.39 is 0 Å². The van der Waals surface area contributed by atoms with E-state index >= 15 is 0 Å². The zero-order valence-electron chi connectivity index (χ0n) is 10.3. The summed E-state index contributed by atoms with van der Waals surface area (Å²) in [7, 11) is 0. The normalized spacial score (nSPS) is 29.2. The Labute approximate surface area is 107 Å².